The lowest BCUT2D eigenvalue weighted by atomic mass is 10.4. The van der Waals surface area contributed by atoms with Crippen molar-refractivity contribution >= 4 is 11.8 Å². The maximum atomic E-state index is 11.7. The monoisotopic (exact) mass is 229 g/mol. The van der Waals surface area contributed by atoms with Crippen molar-refractivity contribution in [2.75, 3.05) is 18.8 Å². The summed E-state index contributed by atoms with van der Waals surface area (Å²) >= 11 is 1.72. The van der Waals surface area contributed by atoms with Gasteiger partial charge in [0.25, 0.3) is 0 Å². The Bertz CT molecular complexity index is 139. The molecule has 0 heterocycles. The fraction of sp³-hybridized carbons (Fsp3) is 1.00. The molecule has 0 radical (unpaired) electrons. The zero-order valence-electron chi connectivity index (χ0n) is 8.66. The number of alkyl halides is 3. The number of rotatable bonds is 7. The molecule has 1 unspecified atom stereocenters. The van der Waals surface area contributed by atoms with Gasteiger partial charge in [0.2, 0.25) is 0 Å². The van der Waals surface area contributed by atoms with Gasteiger partial charge >= 0.3 is 6.18 Å². The number of unbranched alkanes of at least 4 members (excludes halogenated alkanes) is 1. The van der Waals surface area contributed by atoms with Gasteiger partial charge in [-0.3, -0.25) is 0 Å². The maximum absolute atomic E-state index is 11.7. The molecule has 0 aliphatic carbocycles. The van der Waals surface area contributed by atoms with Gasteiger partial charge < -0.3 is 5.32 Å². The lowest BCUT2D eigenvalue weighted by Gasteiger charge is -2.13. The van der Waals surface area contributed by atoms with Crippen LogP contribution in [0.2, 0.25) is 0 Å². The Hall–Kier alpha value is 0.100. The zero-order chi connectivity index (χ0) is 11.0. The number of hydrogen-bond donors (Lipinski definition) is 1. The van der Waals surface area contributed by atoms with Crippen LogP contribution in [0.3, 0.4) is 0 Å². The van der Waals surface area contributed by atoms with Crippen LogP contribution in [0.1, 0.15) is 26.7 Å². The molecule has 0 aromatic rings. The molecule has 1 atom stereocenters. The van der Waals surface area contributed by atoms with E-state index in [1.54, 1.807) is 11.8 Å². The van der Waals surface area contributed by atoms with Crippen molar-refractivity contribution in [2.45, 2.75) is 38.1 Å². The minimum absolute atomic E-state index is 0.254. The summed E-state index contributed by atoms with van der Waals surface area (Å²) in [5.41, 5.74) is 0. The highest BCUT2D eigenvalue weighted by atomic mass is 32.2. The van der Waals surface area contributed by atoms with Crippen molar-refractivity contribution in [1.82, 2.24) is 5.32 Å². The van der Waals surface area contributed by atoms with Gasteiger partial charge in [-0.25, -0.2) is 0 Å². The Balaban J connectivity index is 3.31. The van der Waals surface area contributed by atoms with Crippen molar-refractivity contribution < 1.29 is 13.2 Å². The standard InChI is InChI=1S/C9H18F3NS/c1-3-4-5-14-8(2)6-13-7-9(10,11)12/h8,13H,3-7H2,1-2H3. The summed E-state index contributed by atoms with van der Waals surface area (Å²) < 4.78 is 35.2. The van der Waals surface area contributed by atoms with Crippen LogP contribution in [0, 0.1) is 0 Å². The quantitative estimate of drug-likeness (QED) is 0.673. The van der Waals surface area contributed by atoms with Gasteiger partial charge in [0.05, 0.1) is 6.54 Å². The number of nitrogens with one attached hydrogen (secondary N) is 1. The molecular formula is C9H18F3NS. The molecule has 0 saturated carbocycles. The summed E-state index contributed by atoms with van der Waals surface area (Å²) in [6, 6.07) is 0. The van der Waals surface area contributed by atoms with Gasteiger partial charge in [-0.05, 0) is 12.2 Å². The highest BCUT2D eigenvalue weighted by Crippen LogP contribution is 2.14. The van der Waals surface area contributed by atoms with Crippen LogP contribution < -0.4 is 5.32 Å². The van der Waals surface area contributed by atoms with Crippen molar-refractivity contribution in [2.24, 2.45) is 0 Å². The van der Waals surface area contributed by atoms with E-state index in [1.807, 2.05) is 6.92 Å². The van der Waals surface area contributed by atoms with E-state index in [9.17, 15) is 13.2 Å². The first-order valence-electron chi connectivity index (χ1n) is 4.84. The van der Waals surface area contributed by atoms with E-state index in [0.29, 0.717) is 6.54 Å². The van der Waals surface area contributed by atoms with Crippen molar-refractivity contribution in [1.29, 1.82) is 0 Å². The molecule has 0 bridgehead atoms. The van der Waals surface area contributed by atoms with Gasteiger partial charge in [-0.1, -0.05) is 20.3 Å². The lowest BCUT2D eigenvalue weighted by molar-refractivity contribution is -0.124. The highest BCUT2D eigenvalue weighted by Gasteiger charge is 2.26. The van der Waals surface area contributed by atoms with Gasteiger partial charge in [0, 0.05) is 11.8 Å². The summed E-state index contributed by atoms with van der Waals surface area (Å²) in [6.07, 6.45) is -1.82. The summed E-state index contributed by atoms with van der Waals surface area (Å²) in [5.74, 6) is 1.03. The van der Waals surface area contributed by atoms with Crippen LogP contribution in [-0.4, -0.2) is 30.3 Å². The molecule has 1 N–H and O–H groups in total. The van der Waals surface area contributed by atoms with Gasteiger partial charge in [-0.2, -0.15) is 24.9 Å². The molecule has 5 heteroatoms. The van der Waals surface area contributed by atoms with E-state index in [1.165, 1.54) is 0 Å². The first-order chi connectivity index (χ1) is 6.45. The Morgan fingerprint density at radius 2 is 2.00 bits per heavy atom. The van der Waals surface area contributed by atoms with E-state index >= 15 is 0 Å². The van der Waals surface area contributed by atoms with Crippen LogP contribution in [-0.2, 0) is 0 Å². The predicted octanol–water partition coefficient (Wildman–Crippen LogP) is 3.06. The first-order valence-corrected chi connectivity index (χ1v) is 5.89. The van der Waals surface area contributed by atoms with Crippen LogP contribution in [0.4, 0.5) is 13.2 Å². The Morgan fingerprint density at radius 3 is 2.50 bits per heavy atom. The minimum atomic E-state index is -4.09. The third-order valence-electron chi connectivity index (χ3n) is 1.66. The summed E-state index contributed by atoms with van der Waals surface area (Å²) in [4.78, 5) is 0. The van der Waals surface area contributed by atoms with E-state index in [4.69, 9.17) is 0 Å². The van der Waals surface area contributed by atoms with E-state index < -0.39 is 12.7 Å². The second-order valence-corrected chi connectivity index (χ2v) is 4.83. The molecule has 0 aliphatic heterocycles. The van der Waals surface area contributed by atoms with E-state index in [2.05, 4.69) is 12.2 Å². The smallest absolute Gasteiger partial charge is 0.308 e. The fourth-order valence-electron chi connectivity index (χ4n) is 0.905. The highest BCUT2D eigenvalue weighted by molar-refractivity contribution is 7.99. The molecule has 0 aromatic carbocycles. The average molecular weight is 229 g/mol. The fourth-order valence-corrected chi connectivity index (χ4v) is 2.00. The molecule has 0 amide bonds. The van der Waals surface area contributed by atoms with Crippen LogP contribution in [0.15, 0.2) is 0 Å². The molecule has 0 saturated heterocycles. The van der Waals surface area contributed by atoms with Crippen molar-refractivity contribution in [3.05, 3.63) is 0 Å². The molecule has 0 spiro atoms. The summed E-state index contributed by atoms with van der Waals surface area (Å²) in [5, 5.41) is 2.66. The Morgan fingerprint density at radius 1 is 1.36 bits per heavy atom. The van der Waals surface area contributed by atoms with Gasteiger partial charge in [0.15, 0.2) is 0 Å². The van der Waals surface area contributed by atoms with E-state index in [0.717, 1.165) is 18.6 Å². The molecule has 0 rings (SSSR count). The molecular weight excluding hydrogens is 211 g/mol. The number of halogens is 3. The van der Waals surface area contributed by atoms with Crippen molar-refractivity contribution in [3.8, 4) is 0 Å². The summed E-state index contributed by atoms with van der Waals surface area (Å²) in [7, 11) is 0. The third kappa shape index (κ3) is 10.2. The normalized spacial score (nSPS) is 14.4. The maximum Gasteiger partial charge on any atom is 0.401 e. The van der Waals surface area contributed by atoms with Crippen molar-refractivity contribution in [3.63, 3.8) is 0 Å². The Labute approximate surface area is 87.8 Å². The molecule has 0 aromatic heterocycles. The topological polar surface area (TPSA) is 12.0 Å². The minimum Gasteiger partial charge on any atom is -0.308 e. The summed E-state index contributed by atoms with van der Waals surface area (Å²) in [6.45, 7) is 3.59. The largest absolute Gasteiger partial charge is 0.401 e. The average Bonchev–Trinajstić information content (AvgIpc) is 2.02. The SMILES string of the molecule is CCCCSC(C)CNCC(F)(F)F. The first kappa shape index (κ1) is 14.1. The number of hydrogen-bond acceptors (Lipinski definition) is 2. The van der Waals surface area contributed by atoms with Crippen LogP contribution in [0.25, 0.3) is 0 Å². The molecule has 0 aliphatic rings. The lowest BCUT2D eigenvalue weighted by Crippen LogP contribution is -2.32. The molecule has 0 fully saturated rings. The van der Waals surface area contributed by atoms with Crippen LogP contribution >= 0.6 is 11.8 Å². The van der Waals surface area contributed by atoms with Gasteiger partial charge in [0.1, 0.15) is 0 Å². The van der Waals surface area contributed by atoms with Crippen LogP contribution in [0.5, 0.6) is 0 Å². The second-order valence-electron chi connectivity index (χ2n) is 3.28. The predicted molar refractivity (Wildman–Crippen MR) is 55.8 cm³/mol. The molecule has 1 nitrogen and oxygen atoms in total. The number of thioether (sulfide) groups is 1. The third-order valence-corrected chi connectivity index (χ3v) is 2.92. The van der Waals surface area contributed by atoms with Gasteiger partial charge in [-0.15, -0.1) is 0 Å². The molecule has 14 heavy (non-hydrogen) atoms. The Kier molecular flexibility index (Phi) is 7.45. The zero-order valence-corrected chi connectivity index (χ0v) is 9.47. The second kappa shape index (κ2) is 7.40. The molecule has 86 valence electrons. The van der Waals surface area contributed by atoms with E-state index in [-0.39, 0.29) is 5.25 Å².